The standard InChI is InChI=1S/C11H18BrNO2S3/c1-4-11(5-2,16-3)8-13-18(14,15)10-9(12)6-7-17-10/h6-7,13H,4-5,8H2,1-3H3. The fourth-order valence-electron chi connectivity index (χ4n) is 1.62. The van der Waals surface area contributed by atoms with E-state index in [0.29, 0.717) is 15.2 Å². The van der Waals surface area contributed by atoms with Crippen LogP contribution < -0.4 is 4.72 Å². The van der Waals surface area contributed by atoms with Crippen LogP contribution in [0.4, 0.5) is 0 Å². The molecule has 1 aromatic heterocycles. The van der Waals surface area contributed by atoms with Crippen molar-refractivity contribution in [3.8, 4) is 0 Å². The van der Waals surface area contributed by atoms with Crippen molar-refractivity contribution >= 4 is 49.1 Å². The summed E-state index contributed by atoms with van der Waals surface area (Å²) in [5.41, 5.74) is 0. The van der Waals surface area contributed by atoms with Gasteiger partial charge >= 0.3 is 0 Å². The second-order valence-corrected chi connectivity index (χ2v) is 8.98. The van der Waals surface area contributed by atoms with Crippen molar-refractivity contribution in [1.82, 2.24) is 4.72 Å². The van der Waals surface area contributed by atoms with Gasteiger partial charge in [-0.15, -0.1) is 11.3 Å². The number of thioether (sulfide) groups is 1. The molecule has 0 amide bonds. The van der Waals surface area contributed by atoms with Crippen LogP contribution in [-0.2, 0) is 10.0 Å². The Kier molecular flexibility index (Phi) is 6.18. The zero-order valence-electron chi connectivity index (χ0n) is 10.7. The summed E-state index contributed by atoms with van der Waals surface area (Å²) in [4.78, 5) is 0. The molecule has 0 saturated heterocycles. The Bertz CT molecular complexity index is 472. The molecule has 1 aromatic rings. The van der Waals surface area contributed by atoms with Gasteiger partial charge in [-0.3, -0.25) is 0 Å². The number of hydrogen-bond acceptors (Lipinski definition) is 4. The summed E-state index contributed by atoms with van der Waals surface area (Å²) in [6.07, 6.45) is 3.92. The Morgan fingerprint density at radius 2 is 2.06 bits per heavy atom. The normalized spacial score (nSPS) is 12.9. The van der Waals surface area contributed by atoms with E-state index in [1.54, 1.807) is 23.2 Å². The van der Waals surface area contributed by atoms with Crippen LogP contribution in [0.1, 0.15) is 26.7 Å². The minimum Gasteiger partial charge on any atom is -0.209 e. The van der Waals surface area contributed by atoms with Crippen LogP contribution in [0, 0.1) is 0 Å². The van der Waals surface area contributed by atoms with Gasteiger partial charge in [0.25, 0.3) is 10.0 Å². The smallest absolute Gasteiger partial charge is 0.209 e. The molecular weight excluding hydrogens is 354 g/mol. The second-order valence-electron chi connectivity index (χ2n) is 3.97. The molecule has 18 heavy (non-hydrogen) atoms. The molecule has 0 aliphatic rings. The molecule has 0 aromatic carbocycles. The van der Waals surface area contributed by atoms with E-state index < -0.39 is 10.0 Å². The quantitative estimate of drug-likeness (QED) is 0.794. The topological polar surface area (TPSA) is 46.2 Å². The van der Waals surface area contributed by atoms with Crippen molar-refractivity contribution in [2.75, 3.05) is 12.8 Å². The third-order valence-electron chi connectivity index (χ3n) is 3.13. The fourth-order valence-corrected chi connectivity index (χ4v) is 6.02. The molecule has 0 unspecified atom stereocenters. The lowest BCUT2D eigenvalue weighted by atomic mass is 10.0. The fraction of sp³-hybridized carbons (Fsp3) is 0.636. The highest BCUT2D eigenvalue weighted by Gasteiger charge is 2.28. The molecule has 1 N–H and O–H groups in total. The summed E-state index contributed by atoms with van der Waals surface area (Å²) in [6.45, 7) is 4.65. The first-order valence-corrected chi connectivity index (χ1v) is 10.1. The van der Waals surface area contributed by atoms with Crippen molar-refractivity contribution in [3.63, 3.8) is 0 Å². The average Bonchev–Trinajstić information content (AvgIpc) is 2.79. The molecule has 0 saturated carbocycles. The zero-order chi connectivity index (χ0) is 13.8. The van der Waals surface area contributed by atoms with Crippen LogP contribution in [0.5, 0.6) is 0 Å². The van der Waals surface area contributed by atoms with Crippen LogP contribution in [-0.4, -0.2) is 26.0 Å². The molecule has 1 rings (SSSR count). The number of sulfonamides is 1. The van der Waals surface area contributed by atoms with Gasteiger partial charge in [0.2, 0.25) is 0 Å². The molecule has 7 heteroatoms. The number of hydrogen-bond donors (Lipinski definition) is 1. The monoisotopic (exact) mass is 371 g/mol. The van der Waals surface area contributed by atoms with E-state index in [-0.39, 0.29) is 4.75 Å². The van der Waals surface area contributed by atoms with E-state index in [9.17, 15) is 8.42 Å². The Balaban J connectivity index is 2.83. The zero-order valence-corrected chi connectivity index (χ0v) is 14.7. The van der Waals surface area contributed by atoms with E-state index in [1.807, 2.05) is 6.26 Å². The van der Waals surface area contributed by atoms with Crippen molar-refractivity contribution in [2.45, 2.75) is 35.6 Å². The van der Waals surface area contributed by atoms with E-state index >= 15 is 0 Å². The molecule has 0 atom stereocenters. The van der Waals surface area contributed by atoms with Gasteiger partial charge < -0.3 is 0 Å². The highest BCUT2D eigenvalue weighted by molar-refractivity contribution is 9.10. The maximum Gasteiger partial charge on any atom is 0.251 e. The summed E-state index contributed by atoms with van der Waals surface area (Å²) in [7, 11) is -3.40. The van der Waals surface area contributed by atoms with Crippen molar-refractivity contribution in [3.05, 3.63) is 15.9 Å². The number of rotatable bonds is 7. The number of nitrogens with one attached hydrogen (secondary N) is 1. The van der Waals surface area contributed by atoms with Gasteiger partial charge in [0.05, 0.1) is 0 Å². The lowest BCUT2D eigenvalue weighted by Gasteiger charge is -2.29. The predicted octanol–water partition coefficient (Wildman–Crippen LogP) is 3.71. The van der Waals surface area contributed by atoms with Gasteiger partial charge in [-0.25, -0.2) is 13.1 Å². The van der Waals surface area contributed by atoms with Gasteiger partial charge in [-0.2, -0.15) is 11.8 Å². The highest BCUT2D eigenvalue weighted by atomic mass is 79.9. The molecular formula is C11H18BrNO2S3. The minimum absolute atomic E-state index is 0.0171. The van der Waals surface area contributed by atoms with Crippen LogP contribution in [0.3, 0.4) is 0 Å². The third-order valence-corrected chi connectivity index (χ3v) is 8.79. The highest BCUT2D eigenvalue weighted by Crippen LogP contribution is 2.31. The van der Waals surface area contributed by atoms with Gasteiger partial charge in [-0.05, 0) is 46.5 Å². The Hall–Kier alpha value is 0.440. The van der Waals surface area contributed by atoms with Gasteiger partial charge in [0.15, 0.2) is 0 Å². The summed E-state index contributed by atoms with van der Waals surface area (Å²) < 4.78 is 28.0. The minimum atomic E-state index is -3.40. The molecule has 0 spiro atoms. The summed E-state index contributed by atoms with van der Waals surface area (Å²) >= 11 is 6.21. The van der Waals surface area contributed by atoms with Crippen LogP contribution in [0.2, 0.25) is 0 Å². The molecule has 0 aliphatic carbocycles. The molecule has 3 nitrogen and oxygen atoms in total. The van der Waals surface area contributed by atoms with E-state index in [1.165, 1.54) is 11.3 Å². The molecule has 0 radical (unpaired) electrons. The van der Waals surface area contributed by atoms with Crippen LogP contribution in [0.15, 0.2) is 20.1 Å². The maximum atomic E-state index is 12.2. The van der Waals surface area contributed by atoms with Crippen molar-refractivity contribution < 1.29 is 8.42 Å². The Morgan fingerprint density at radius 1 is 1.44 bits per heavy atom. The van der Waals surface area contributed by atoms with E-state index in [2.05, 4.69) is 34.5 Å². The number of halogens is 1. The molecule has 0 aliphatic heterocycles. The maximum absolute atomic E-state index is 12.2. The van der Waals surface area contributed by atoms with E-state index in [0.717, 1.165) is 12.8 Å². The molecule has 104 valence electrons. The lowest BCUT2D eigenvalue weighted by Crippen LogP contribution is -2.39. The third kappa shape index (κ3) is 3.72. The molecule has 0 bridgehead atoms. The van der Waals surface area contributed by atoms with Crippen LogP contribution in [0.25, 0.3) is 0 Å². The van der Waals surface area contributed by atoms with Gasteiger partial charge in [0.1, 0.15) is 4.21 Å². The first-order chi connectivity index (χ1) is 8.40. The van der Waals surface area contributed by atoms with Crippen molar-refractivity contribution in [2.24, 2.45) is 0 Å². The first kappa shape index (κ1) is 16.5. The van der Waals surface area contributed by atoms with Gasteiger partial charge in [-0.1, -0.05) is 13.8 Å². The average molecular weight is 372 g/mol. The second kappa shape index (κ2) is 6.74. The summed E-state index contributed by atoms with van der Waals surface area (Å²) in [6, 6.07) is 1.75. The van der Waals surface area contributed by atoms with E-state index in [4.69, 9.17) is 0 Å². The molecule has 1 heterocycles. The lowest BCUT2D eigenvalue weighted by molar-refractivity contribution is 0.522. The van der Waals surface area contributed by atoms with Crippen LogP contribution >= 0.6 is 39.0 Å². The number of thiophene rings is 1. The Labute approximate surface area is 126 Å². The van der Waals surface area contributed by atoms with Crippen molar-refractivity contribution in [1.29, 1.82) is 0 Å². The molecule has 0 fully saturated rings. The van der Waals surface area contributed by atoms with Gasteiger partial charge in [0, 0.05) is 15.8 Å². The Morgan fingerprint density at radius 3 is 2.44 bits per heavy atom. The summed E-state index contributed by atoms with van der Waals surface area (Å²) in [5, 5.41) is 1.76. The predicted molar refractivity (Wildman–Crippen MR) is 84.0 cm³/mol. The first-order valence-electron chi connectivity index (χ1n) is 5.68. The largest absolute Gasteiger partial charge is 0.251 e. The SMILES string of the molecule is CCC(CC)(CNS(=O)(=O)c1sccc1Br)SC. The summed E-state index contributed by atoms with van der Waals surface area (Å²) in [5.74, 6) is 0.